The van der Waals surface area contributed by atoms with E-state index in [1.54, 1.807) is 16.3 Å². The first-order valence-electron chi connectivity index (χ1n) is 6.26. The van der Waals surface area contributed by atoms with E-state index in [-0.39, 0.29) is 5.91 Å². The molecule has 2 heterocycles. The molecule has 0 radical (unpaired) electrons. The average Bonchev–Trinajstić information content (AvgIpc) is 2.77. The van der Waals surface area contributed by atoms with Crippen LogP contribution in [0.25, 0.3) is 0 Å². The average molecular weight is 267 g/mol. The lowest BCUT2D eigenvalue weighted by Crippen LogP contribution is -2.32. The molecular weight excluding hydrogens is 250 g/mol. The molecule has 98 valence electrons. The van der Waals surface area contributed by atoms with E-state index in [0.717, 1.165) is 37.8 Å². The number of carbonyl (C=O) groups excluding carboxylic acids is 1. The van der Waals surface area contributed by atoms with Gasteiger partial charge in [0, 0.05) is 19.5 Å². The summed E-state index contributed by atoms with van der Waals surface area (Å²) in [5, 5.41) is 10.8. The maximum absolute atomic E-state index is 12.0. The molecule has 0 aliphatic carbocycles. The first-order valence-corrected chi connectivity index (χ1v) is 7.14. The second-order valence-electron chi connectivity index (χ2n) is 4.56. The highest BCUT2D eigenvalue weighted by Gasteiger charge is 2.19. The minimum Gasteiger partial charge on any atom is -0.477 e. The van der Waals surface area contributed by atoms with Gasteiger partial charge in [-0.2, -0.15) is 0 Å². The topological polar surface area (TPSA) is 57.6 Å². The summed E-state index contributed by atoms with van der Waals surface area (Å²) >= 11 is 1.22. The van der Waals surface area contributed by atoms with Crippen molar-refractivity contribution in [3.05, 3.63) is 21.9 Å². The maximum atomic E-state index is 12.0. The summed E-state index contributed by atoms with van der Waals surface area (Å²) < 4.78 is 0. The number of carboxylic acid groups (broad SMARTS) is 1. The molecule has 1 aromatic heterocycles. The molecule has 0 saturated carbocycles. The Labute approximate surface area is 110 Å². The molecule has 1 saturated heterocycles. The van der Waals surface area contributed by atoms with Crippen molar-refractivity contribution in [2.45, 2.75) is 38.6 Å². The first kappa shape index (κ1) is 13.1. The number of nitrogens with zero attached hydrogens (tertiary/aromatic N) is 1. The number of likely N-dealkylation sites (tertiary alicyclic amines) is 1. The zero-order chi connectivity index (χ0) is 13.0. The van der Waals surface area contributed by atoms with Crippen LogP contribution in [0.5, 0.6) is 0 Å². The summed E-state index contributed by atoms with van der Waals surface area (Å²) in [6.45, 7) is 1.18. The fourth-order valence-electron chi connectivity index (χ4n) is 2.24. The normalized spacial score (nSPS) is 17.3. The van der Waals surface area contributed by atoms with Gasteiger partial charge in [0.25, 0.3) is 0 Å². The predicted molar refractivity (Wildman–Crippen MR) is 69.8 cm³/mol. The highest BCUT2D eigenvalue weighted by atomic mass is 32.1. The Kier molecular flexibility index (Phi) is 4.36. The van der Waals surface area contributed by atoms with Gasteiger partial charge >= 0.3 is 5.97 Å². The molecule has 1 fully saturated rings. The molecule has 0 aromatic carbocycles. The van der Waals surface area contributed by atoms with Gasteiger partial charge in [0.2, 0.25) is 5.91 Å². The Hall–Kier alpha value is -1.36. The smallest absolute Gasteiger partial charge is 0.346 e. The molecule has 0 bridgehead atoms. The molecule has 1 N–H and O–H groups in total. The minimum atomic E-state index is -0.903. The third kappa shape index (κ3) is 3.10. The van der Waals surface area contributed by atoms with Crippen LogP contribution in [-0.4, -0.2) is 28.4 Å². The summed E-state index contributed by atoms with van der Waals surface area (Å²) in [5.74, 6) is -0.753. The molecule has 1 amide bonds. The van der Waals surface area contributed by atoms with Crippen molar-refractivity contribution in [1.29, 1.82) is 0 Å². The Morgan fingerprint density at radius 3 is 2.89 bits per heavy atom. The molecule has 5 heteroatoms. The third-order valence-corrected chi connectivity index (χ3v) is 4.17. The molecule has 2 rings (SSSR count). The molecule has 1 aliphatic heterocycles. The van der Waals surface area contributed by atoms with Crippen LogP contribution in [0.3, 0.4) is 0 Å². The third-order valence-electron chi connectivity index (χ3n) is 3.22. The van der Waals surface area contributed by atoms with E-state index < -0.39 is 5.97 Å². The number of hydrogen-bond donors (Lipinski definition) is 1. The van der Waals surface area contributed by atoms with Gasteiger partial charge in [-0.3, -0.25) is 4.79 Å². The Balaban J connectivity index is 2.08. The van der Waals surface area contributed by atoms with E-state index >= 15 is 0 Å². The molecule has 0 spiro atoms. The summed E-state index contributed by atoms with van der Waals surface area (Å²) in [6.07, 6.45) is 4.83. The van der Waals surface area contributed by atoms with Crippen LogP contribution in [0.15, 0.2) is 11.4 Å². The van der Waals surface area contributed by atoms with Gasteiger partial charge in [0.1, 0.15) is 4.88 Å². The van der Waals surface area contributed by atoms with Crippen molar-refractivity contribution in [3.8, 4) is 0 Å². The molecule has 1 aromatic rings. The van der Waals surface area contributed by atoms with Gasteiger partial charge in [-0.15, -0.1) is 11.3 Å². The van der Waals surface area contributed by atoms with Gasteiger partial charge in [-0.05, 0) is 29.9 Å². The highest BCUT2D eigenvalue weighted by Crippen LogP contribution is 2.21. The van der Waals surface area contributed by atoms with Gasteiger partial charge in [0.05, 0.1) is 0 Å². The Bertz CT molecular complexity index is 441. The zero-order valence-electron chi connectivity index (χ0n) is 10.2. The molecule has 18 heavy (non-hydrogen) atoms. The highest BCUT2D eigenvalue weighted by molar-refractivity contribution is 7.12. The standard InChI is InChI=1S/C13H17NO3S/c15-11-5-3-1-2-4-7-14(11)9-10-6-8-18-12(10)13(16)17/h6,8H,1-5,7,9H2,(H,16,17). The number of hydrogen-bond acceptors (Lipinski definition) is 3. The fourth-order valence-corrected chi connectivity index (χ4v) is 2.99. The van der Waals surface area contributed by atoms with Gasteiger partial charge < -0.3 is 10.0 Å². The fraction of sp³-hybridized carbons (Fsp3) is 0.538. The number of amides is 1. The monoisotopic (exact) mass is 267 g/mol. The summed E-state index contributed by atoms with van der Waals surface area (Å²) in [4.78, 5) is 25.1. The van der Waals surface area contributed by atoms with E-state index in [0.29, 0.717) is 17.8 Å². The maximum Gasteiger partial charge on any atom is 0.346 e. The summed E-state index contributed by atoms with van der Waals surface area (Å²) in [6, 6.07) is 1.81. The van der Waals surface area contributed by atoms with E-state index in [4.69, 9.17) is 5.11 Å². The summed E-state index contributed by atoms with van der Waals surface area (Å²) in [7, 11) is 0. The number of carboxylic acids is 1. The Morgan fingerprint density at radius 1 is 1.33 bits per heavy atom. The lowest BCUT2D eigenvalue weighted by Gasteiger charge is -2.24. The number of thiophene rings is 1. The van der Waals surface area contributed by atoms with Crippen LogP contribution in [0, 0.1) is 0 Å². The van der Waals surface area contributed by atoms with Crippen LogP contribution < -0.4 is 0 Å². The zero-order valence-corrected chi connectivity index (χ0v) is 11.0. The van der Waals surface area contributed by atoms with Crippen LogP contribution in [0.1, 0.15) is 47.3 Å². The van der Waals surface area contributed by atoms with E-state index in [1.165, 1.54) is 11.3 Å². The SMILES string of the molecule is O=C(O)c1sccc1CN1CCCCCCC1=O. The molecule has 1 aliphatic rings. The minimum absolute atomic E-state index is 0.150. The quantitative estimate of drug-likeness (QED) is 0.916. The second kappa shape index (κ2) is 6.00. The van der Waals surface area contributed by atoms with E-state index in [2.05, 4.69) is 0 Å². The first-order chi connectivity index (χ1) is 8.68. The molecular formula is C13H17NO3S. The van der Waals surface area contributed by atoms with Crippen molar-refractivity contribution in [2.24, 2.45) is 0 Å². The number of aromatic carboxylic acids is 1. The number of carbonyl (C=O) groups is 2. The summed E-state index contributed by atoms with van der Waals surface area (Å²) in [5.41, 5.74) is 0.751. The lowest BCUT2D eigenvalue weighted by molar-refractivity contribution is -0.132. The molecule has 4 nitrogen and oxygen atoms in total. The van der Waals surface area contributed by atoms with Gasteiger partial charge in [-0.25, -0.2) is 4.79 Å². The van der Waals surface area contributed by atoms with Crippen LogP contribution >= 0.6 is 11.3 Å². The van der Waals surface area contributed by atoms with Crippen molar-refractivity contribution in [3.63, 3.8) is 0 Å². The Morgan fingerprint density at radius 2 is 2.11 bits per heavy atom. The largest absolute Gasteiger partial charge is 0.477 e. The van der Waals surface area contributed by atoms with Crippen LogP contribution in [0.4, 0.5) is 0 Å². The van der Waals surface area contributed by atoms with E-state index in [1.807, 2.05) is 0 Å². The van der Waals surface area contributed by atoms with E-state index in [9.17, 15) is 9.59 Å². The van der Waals surface area contributed by atoms with Crippen molar-refractivity contribution in [1.82, 2.24) is 4.90 Å². The predicted octanol–water partition coefficient (Wildman–Crippen LogP) is 2.74. The van der Waals surface area contributed by atoms with Crippen molar-refractivity contribution >= 4 is 23.2 Å². The number of rotatable bonds is 3. The van der Waals surface area contributed by atoms with Gasteiger partial charge in [-0.1, -0.05) is 12.8 Å². The molecule has 0 unspecified atom stereocenters. The van der Waals surface area contributed by atoms with Crippen molar-refractivity contribution in [2.75, 3.05) is 6.54 Å². The van der Waals surface area contributed by atoms with Crippen LogP contribution in [0.2, 0.25) is 0 Å². The second-order valence-corrected chi connectivity index (χ2v) is 5.48. The van der Waals surface area contributed by atoms with Crippen LogP contribution in [-0.2, 0) is 11.3 Å². The van der Waals surface area contributed by atoms with Gasteiger partial charge in [0.15, 0.2) is 0 Å². The lowest BCUT2D eigenvalue weighted by atomic mass is 10.1. The van der Waals surface area contributed by atoms with Crippen molar-refractivity contribution < 1.29 is 14.7 Å². The molecule has 0 atom stereocenters.